The number of tetrazole rings is 1. The first-order valence-corrected chi connectivity index (χ1v) is 10.6. The van der Waals surface area contributed by atoms with Crippen LogP contribution in [0.15, 0.2) is 35.5 Å². The molecule has 0 atom stereocenters. The van der Waals surface area contributed by atoms with E-state index in [1.54, 1.807) is 28.2 Å². The summed E-state index contributed by atoms with van der Waals surface area (Å²) in [5.41, 5.74) is 0.983. The second kappa shape index (κ2) is 11.5. The Kier molecular flexibility index (Phi) is 9.23. The summed E-state index contributed by atoms with van der Waals surface area (Å²) in [6, 6.07) is 9.95. The van der Waals surface area contributed by atoms with Gasteiger partial charge in [0.15, 0.2) is 0 Å². The van der Waals surface area contributed by atoms with Crippen molar-refractivity contribution in [1.82, 2.24) is 30.4 Å². The summed E-state index contributed by atoms with van der Waals surface area (Å²) < 4.78 is 2.67. The number of aromatic nitrogens is 4. The maximum absolute atomic E-state index is 5.32. The van der Waals surface area contributed by atoms with Crippen LogP contribution in [0, 0.1) is 0 Å². The van der Waals surface area contributed by atoms with Crippen molar-refractivity contribution in [3.05, 3.63) is 30.3 Å². The molecule has 0 aliphatic carbocycles. The zero-order valence-corrected chi connectivity index (χ0v) is 17.0. The minimum absolute atomic E-state index is 0.828. The number of nitrogens with one attached hydrogen (secondary N) is 1. The van der Waals surface area contributed by atoms with Gasteiger partial charge in [0.1, 0.15) is 4.32 Å². The van der Waals surface area contributed by atoms with Gasteiger partial charge in [-0.05, 0) is 49.5 Å². The molecule has 0 aliphatic heterocycles. The SMILES string of the molecule is CN(C)CCSC(=S)NCCCCSc1nnnn1-c1ccccc1. The smallest absolute Gasteiger partial charge is 0.214 e. The molecule has 9 heteroatoms. The second-order valence-corrected chi connectivity index (χ2v) is 8.46. The molecule has 0 radical (unpaired) electrons. The number of nitrogens with zero attached hydrogens (tertiary/aromatic N) is 5. The Morgan fingerprint density at radius 1 is 1.20 bits per heavy atom. The minimum atomic E-state index is 0.828. The van der Waals surface area contributed by atoms with Crippen LogP contribution in [0.2, 0.25) is 0 Å². The zero-order chi connectivity index (χ0) is 17.9. The molecule has 0 spiro atoms. The normalized spacial score (nSPS) is 11.0. The summed E-state index contributed by atoms with van der Waals surface area (Å²) in [5, 5.41) is 16.1. The first-order valence-electron chi connectivity index (χ1n) is 8.19. The van der Waals surface area contributed by atoms with Crippen LogP contribution in [-0.2, 0) is 0 Å². The number of unbranched alkanes of at least 4 members (excludes halogenated alkanes) is 1. The van der Waals surface area contributed by atoms with Gasteiger partial charge >= 0.3 is 0 Å². The molecule has 0 bridgehead atoms. The van der Waals surface area contributed by atoms with Crippen LogP contribution in [0.5, 0.6) is 0 Å². The average molecular weight is 397 g/mol. The molecule has 136 valence electrons. The fourth-order valence-corrected chi connectivity index (χ4v) is 4.04. The highest BCUT2D eigenvalue weighted by molar-refractivity contribution is 8.22. The molecule has 1 aromatic carbocycles. The van der Waals surface area contributed by atoms with Crippen molar-refractivity contribution in [3.63, 3.8) is 0 Å². The van der Waals surface area contributed by atoms with Crippen molar-refractivity contribution in [2.45, 2.75) is 18.0 Å². The molecule has 0 fully saturated rings. The summed E-state index contributed by atoms with van der Waals surface area (Å²) in [4.78, 5) is 2.16. The van der Waals surface area contributed by atoms with Gasteiger partial charge in [-0.15, -0.1) is 5.10 Å². The first-order chi connectivity index (χ1) is 12.2. The van der Waals surface area contributed by atoms with Crippen molar-refractivity contribution in [3.8, 4) is 5.69 Å². The van der Waals surface area contributed by atoms with Gasteiger partial charge in [-0.3, -0.25) is 0 Å². The van der Waals surface area contributed by atoms with Gasteiger partial charge in [-0.25, -0.2) is 0 Å². The Bertz CT molecular complexity index is 632. The first kappa shape index (κ1) is 20.2. The highest BCUT2D eigenvalue weighted by Crippen LogP contribution is 2.19. The van der Waals surface area contributed by atoms with E-state index < -0.39 is 0 Å². The van der Waals surface area contributed by atoms with Crippen LogP contribution < -0.4 is 5.32 Å². The third kappa shape index (κ3) is 7.72. The second-order valence-electron chi connectivity index (χ2n) is 5.63. The Balaban J connectivity index is 1.60. The molecule has 0 saturated heterocycles. The summed E-state index contributed by atoms with van der Waals surface area (Å²) in [6.45, 7) is 1.96. The summed E-state index contributed by atoms with van der Waals surface area (Å²) in [7, 11) is 4.14. The molecule has 6 nitrogen and oxygen atoms in total. The number of hydrogen-bond donors (Lipinski definition) is 1. The Morgan fingerprint density at radius 2 is 2.00 bits per heavy atom. The van der Waals surface area contributed by atoms with Gasteiger partial charge in [0, 0.05) is 24.6 Å². The van der Waals surface area contributed by atoms with E-state index in [-0.39, 0.29) is 0 Å². The molecule has 2 aromatic rings. The zero-order valence-electron chi connectivity index (χ0n) is 14.6. The average Bonchev–Trinajstić information content (AvgIpc) is 3.07. The summed E-state index contributed by atoms with van der Waals surface area (Å²) >= 11 is 8.71. The van der Waals surface area contributed by atoms with Crippen LogP contribution in [0.1, 0.15) is 12.8 Å². The van der Waals surface area contributed by atoms with Crippen LogP contribution in [0.4, 0.5) is 0 Å². The van der Waals surface area contributed by atoms with E-state index >= 15 is 0 Å². The maximum Gasteiger partial charge on any atom is 0.214 e. The quantitative estimate of drug-likeness (QED) is 0.374. The molecule has 2 rings (SSSR count). The van der Waals surface area contributed by atoms with Crippen molar-refractivity contribution in [2.75, 3.05) is 38.7 Å². The van der Waals surface area contributed by atoms with E-state index in [0.29, 0.717) is 0 Å². The fraction of sp³-hybridized carbons (Fsp3) is 0.500. The Hall–Kier alpha value is -1.16. The van der Waals surface area contributed by atoms with Gasteiger partial charge in [0.05, 0.1) is 5.69 Å². The van der Waals surface area contributed by atoms with Gasteiger partial charge in [-0.2, -0.15) is 4.68 Å². The Labute approximate surface area is 163 Å². The maximum atomic E-state index is 5.32. The number of benzene rings is 1. The highest BCUT2D eigenvalue weighted by Gasteiger charge is 2.08. The molecule has 25 heavy (non-hydrogen) atoms. The van der Waals surface area contributed by atoms with Crippen molar-refractivity contribution in [2.24, 2.45) is 0 Å². The van der Waals surface area contributed by atoms with E-state index in [0.717, 1.165) is 52.6 Å². The van der Waals surface area contributed by atoms with Crippen LogP contribution in [0.25, 0.3) is 5.69 Å². The lowest BCUT2D eigenvalue weighted by molar-refractivity contribution is 0.437. The molecule has 0 unspecified atom stereocenters. The standard InChI is InChI=1S/C16H24N6S3/c1-21(2)11-13-25-16(23)17-10-6-7-12-24-15-18-19-20-22(15)14-8-4-3-5-9-14/h3-5,8-9H,6-7,10-13H2,1-2H3,(H,17,23). The van der Waals surface area contributed by atoms with E-state index in [1.165, 1.54) is 0 Å². The van der Waals surface area contributed by atoms with Crippen molar-refractivity contribution in [1.29, 1.82) is 0 Å². The van der Waals surface area contributed by atoms with Crippen LogP contribution >= 0.6 is 35.7 Å². The van der Waals surface area contributed by atoms with E-state index in [4.69, 9.17) is 12.2 Å². The van der Waals surface area contributed by atoms with Crippen molar-refractivity contribution >= 4 is 40.1 Å². The number of thioether (sulfide) groups is 2. The molecule has 0 amide bonds. The van der Waals surface area contributed by atoms with E-state index in [2.05, 4.69) is 39.8 Å². The number of rotatable bonds is 10. The molecule has 1 aromatic heterocycles. The van der Waals surface area contributed by atoms with Gasteiger partial charge < -0.3 is 10.2 Å². The fourth-order valence-electron chi connectivity index (χ4n) is 1.95. The van der Waals surface area contributed by atoms with Crippen LogP contribution in [-0.4, -0.2) is 68.1 Å². The lowest BCUT2D eigenvalue weighted by Crippen LogP contribution is -2.22. The predicted molar refractivity (Wildman–Crippen MR) is 111 cm³/mol. The lowest BCUT2D eigenvalue weighted by Gasteiger charge is -2.10. The molecule has 0 aliphatic rings. The Morgan fingerprint density at radius 3 is 2.76 bits per heavy atom. The number of thiocarbonyl (C=S) groups is 1. The lowest BCUT2D eigenvalue weighted by atomic mass is 10.3. The minimum Gasteiger partial charge on any atom is -0.371 e. The van der Waals surface area contributed by atoms with Gasteiger partial charge in [-0.1, -0.05) is 53.9 Å². The van der Waals surface area contributed by atoms with Gasteiger partial charge in [0.25, 0.3) is 0 Å². The molecular formula is C16H24N6S3. The molecule has 1 N–H and O–H groups in total. The summed E-state index contributed by atoms with van der Waals surface area (Å²) in [6.07, 6.45) is 2.17. The third-order valence-corrected chi connectivity index (χ3v) is 5.58. The third-order valence-electron chi connectivity index (χ3n) is 3.28. The van der Waals surface area contributed by atoms with Gasteiger partial charge in [0.2, 0.25) is 5.16 Å². The van der Waals surface area contributed by atoms with Crippen molar-refractivity contribution < 1.29 is 0 Å². The topological polar surface area (TPSA) is 58.9 Å². The monoisotopic (exact) mass is 396 g/mol. The molecular weight excluding hydrogens is 372 g/mol. The summed E-state index contributed by atoms with van der Waals surface area (Å²) in [5.74, 6) is 2.01. The number of hydrogen-bond acceptors (Lipinski definition) is 7. The van der Waals surface area contributed by atoms with E-state index in [1.807, 2.05) is 30.3 Å². The number of para-hydroxylation sites is 1. The largest absolute Gasteiger partial charge is 0.371 e. The predicted octanol–water partition coefficient (Wildman–Crippen LogP) is 2.70. The van der Waals surface area contributed by atoms with E-state index in [9.17, 15) is 0 Å². The molecule has 0 saturated carbocycles. The highest BCUT2D eigenvalue weighted by atomic mass is 32.2. The molecule has 1 heterocycles. The van der Waals surface area contributed by atoms with Crippen LogP contribution in [0.3, 0.4) is 0 Å².